The number of carbonyl (C=O) groups excluding carboxylic acids is 2. The first kappa shape index (κ1) is 9.19. The van der Waals surface area contributed by atoms with Gasteiger partial charge in [0.1, 0.15) is 6.29 Å². The molecule has 0 aliphatic heterocycles. The number of primary amides is 1. The first-order valence-electron chi connectivity index (χ1n) is 3.76. The van der Waals surface area contributed by atoms with Crippen LogP contribution in [0.5, 0.6) is 0 Å². The SMILES string of the molecule is NC(=O)c1cccc(C=CC=O)c1. The van der Waals surface area contributed by atoms with Crippen molar-refractivity contribution in [1.29, 1.82) is 0 Å². The van der Waals surface area contributed by atoms with Gasteiger partial charge in [-0.25, -0.2) is 0 Å². The number of carbonyl (C=O) groups is 2. The van der Waals surface area contributed by atoms with Gasteiger partial charge >= 0.3 is 0 Å². The first-order valence-corrected chi connectivity index (χ1v) is 3.76. The lowest BCUT2D eigenvalue weighted by molar-refractivity contribution is -0.104. The largest absolute Gasteiger partial charge is 0.366 e. The third kappa shape index (κ3) is 2.56. The summed E-state index contributed by atoms with van der Waals surface area (Å²) in [6.07, 6.45) is 3.65. The Morgan fingerprint density at radius 1 is 1.38 bits per heavy atom. The van der Waals surface area contributed by atoms with Crippen molar-refractivity contribution in [1.82, 2.24) is 0 Å². The van der Waals surface area contributed by atoms with Gasteiger partial charge in [-0.1, -0.05) is 18.2 Å². The van der Waals surface area contributed by atoms with Gasteiger partial charge in [0.05, 0.1) is 0 Å². The minimum atomic E-state index is -0.471. The summed E-state index contributed by atoms with van der Waals surface area (Å²) in [4.78, 5) is 20.8. The molecule has 1 aromatic rings. The molecule has 0 bridgehead atoms. The molecule has 1 rings (SSSR count). The van der Waals surface area contributed by atoms with Gasteiger partial charge in [0.15, 0.2) is 0 Å². The molecule has 3 heteroatoms. The number of amides is 1. The van der Waals surface area contributed by atoms with Crippen molar-refractivity contribution in [3.8, 4) is 0 Å². The molecule has 1 aromatic carbocycles. The fourth-order valence-corrected chi connectivity index (χ4v) is 0.946. The second-order valence-electron chi connectivity index (χ2n) is 2.48. The summed E-state index contributed by atoms with van der Waals surface area (Å²) in [5.41, 5.74) is 6.30. The summed E-state index contributed by atoms with van der Waals surface area (Å²) in [5, 5.41) is 0. The maximum absolute atomic E-state index is 10.8. The monoisotopic (exact) mass is 175 g/mol. The topological polar surface area (TPSA) is 60.2 Å². The van der Waals surface area contributed by atoms with Gasteiger partial charge in [0.2, 0.25) is 5.91 Å². The number of hydrogen-bond donors (Lipinski definition) is 1. The van der Waals surface area contributed by atoms with Crippen LogP contribution in [0.4, 0.5) is 0 Å². The van der Waals surface area contributed by atoms with E-state index in [-0.39, 0.29) is 0 Å². The molecule has 1 amide bonds. The van der Waals surface area contributed by atoms with Crippen LogP contribution in [-0.2, 0) is 4.79 Å². The minimum Gasteiger partial charge on any atom is -0.366 e. The number of benzene rings is 1. The molecule has 66 valence electrons. The minimum absolute atomic E-state index is 0.438. The Morgan fingerprint density at radius 2 is 2.15 bits per heavy atom. The van der Waals surface area contributed by atoms with E-state index in [1.807, 2.05) is 0 Å². The number of nitrogens with two attached hydrogens (primary N) is 1. The second-order valence-corrected chi connectivity index (χ2v) is 2.48. The molecule has 0 heterocycles. The third-order valence-corrected chi connectivity index (χ3v) is 1.54. The predicted octanol–water partition coefficient (Wildman–Crippen LogP) is 0.998. The van der Waals surface area contributed by atoms with Crippen molar-refractivity contribution in [2.24, 2.45) is 5.73 Å². The van der Waals surface area contributed by atoms with Crippen LogP contribution in [0.25, 0.3) is 6.08 Å². The summed E-state index contributed by atoms with van der Waals surface area (Å²) < 4.78 is 0. The van der Waals surface area contributed by atoms with Crippen LogP contribution in [0.3, 0.4) is 0 Å². The van der Waals surface area contributed by atoms with Crippen LogP contribution in [0.15, 0.2) is 30.3 Å². The van der Waals surface area contributed by atoms with Gasteiger partial charge in [-0.3, -0.25) is 9.59 Å². The number of allylic oxidation sites excluding steroid dienone is 1. The van der Waals surface area contributed by atoms with Gasteiger partial charge in [-0.15, -0.1) is 0 Å². The van der Waals surface area contributed by atoms with E-state index in [9.17, 15) is 9.59 Å². The van der Waals surface area contributed by atoms with E-state index in [0.29, 0.717) is 11.8 Å². The maximum atomic E-state index is 10.8. The Labute approximate surface area is 75.9 Å². The van der Waals surface area contributed by atoms with E-state index in [2.05, 4.69) is 0 Å². The Hall–Kier alpha value is -1.90. The molecule has 13 heavy (non-hydrogen) atoms. The van der Waals surface area contributed by atoms with Crippen LogP contribution in [0.1, 0.15) is 15.9 Å². The van der Waals surface area contributed by atoms with Crippen molar-refractivity contribution < 1.29 is 9.59 Å². The molecule has 0 aromatic heterocycles. The standard InChI is InChI=1S/C10H9NO2/c11-10(13)9-5-1-3-8(7-9)4-2-6-12/h1-7H,(H2,11,13). The van der Waals surface area contributed by atoms with Crippen LogP contribution in [0, 0.1) is 0 Å². The van der Waals surface area contributed by atoms with E-state index in [1.54, 1.807) is 30.3 Å². The van der Waals surface area contributed by atoms with Crippen LogP contribution >= 0.6 is 0 Å². The molecule has 0 spiro atoms. The first-order chi connectivity index (χ1) is 6.24. The van der Waals surface area contributed by atoms with Crippen molar-refractivity contribution >= 4 is 18.3 Å². The molecule has 0 radical (unpaired) electrons. The fraction of sp³-hybridized carbons (Fsp3) is 0. The maximum Gasteiger partial charge on any atom is 0.248 e. The Morgan fingerprint density at radius 3 is 2.77 bits per heavy atom. The molecular weight excluding hydrogens is 166 g/mol. The van der Waals surface area contributed by atoms with Crippen LogP contribution in [0.2, 0.25) is 0 Å². The molecular formula is C10H9NO2. The normalized spacial score (nSPS) is 10.2. The molecule has 0 unspecified atom stereocenters. The quantitative estimate of drug-likeness (QED) is 0.550. The summed E-state index contributed by atoms with van der Waals surface area (Å²) in [6.45, 7) is 0. The van der Waals surface area contributed by atoms with Gasteiger partial charge in [0, 0.05) is 5.56 Å². The van der Waals surface area contributed by atoms with E-state index < -0.39 is 5.91 Å². The zero-order valence-corrected chi connectivity index (χ0v) is 6.94. The number of hydrogen-bond acceptors (Lipinski definition) is 2. The zero-order chi connectivity index (χ0) is 9.68. The van der Waals surface area contributed by atoms with Gasteiger partial charge < -0.3 is 5.73 Å². The molecule has 0 fully saturated rings. The number of rotatable bonds is 3. The molecule has 0 saturated carbocycles. The van der Waals surface area contributed by atoms with Gasteiger partial charge in [-0.05, 0) is 23.8 Å². The lowest BCUT2D eigenvalue weighted by Crippen LogP contribution is -2.10. The summed E-state index contributed by atoms with van der Waals surface area (Å²) >= 11 is 0. The van der Waals surface area contributed by atoms with E-state index in [1.165, 1.54) is 6.08 Å². The van der Waals surface area contributed by atoms with E-state index in [4.69, 9.17) is 5.73 Å². The lowest BCUT2D eigenvalue weighted by atomic mass is 10.1. The van der Waals surface area contributed by atoms with Crippen molar-refractivity contribution in [3.05, 3.63) is 41.5 Å². The van der Waals surface area contributed by atoms with Crippen LogP contribution < -0.4 is 5.73 Å². The summed E-state index contributed by atoms with van der Waals surface area (Å²) in [7, 11) is 0. The summed E-state index contributed by atoms with van der Waals surface area (Å²) in [6, 6.07) is 6.75. The van der Waals surface area contributed by atoms with E-state index in [0.717, 1.165) is 5.56 Å². The Kier molecular flexibility index (Phi) is 2.97. The molecule has 0 atom stereocenters. The third-order valence-electron chi connectivity index (χ3n) is 1.54. The molecule has 0 aliphatic rings. The van der Waals surface area contributed by atoms with Crippen molar-refractivity contribution in [2.75, 3.05) is 0 Å². The Bertz CT molecular complexity index is 356. The smallest absolute Gasteiger partial charge is 0.248 e. The van der Waals surface area contributed by atoms with Crippen molar-refractivity contribution in [3.63, 3.8) is 0 Å². The second kappa shape index (κ2) is 4.21. The zero-order valence-electron chi connectivity index (χ0n) is 6.94. The van der Waals surface area contributed by atoms with E-state index >= 15 is 0 Å². The van der Waals surface area contributed by atoms with Gasteiger partial charge in [-0.2, -0.15) is 0 Å². The highest BCUT2D eigenvalue weighted by Crippen LogP contribution is 2.05. The molecule has 0 saturated heterocycles. The highest BCUT2D eigenvalue weighted by molar-refractivity contribution is 5.93. The lowest BCUT2D eigenvalue weighted by Gasteiger charge is -1.96. The number of aldehydes is 1. The van der Waals surface area contributed by atoms with Gasteiger partial charge in [0.25, 0.3) is 0 Å². The average Bonchev–Trinajstić information content (AvgIpc) is 2.15. The van der Waals surface area contributed by atoms with Crippen molar-refractivity contribution in [2.45, 2.75) is 0 Å². The van der Waals surface area contributed by atoms with Crippen LogP contribution in [-0.4, -0.2) is 12.2 Å². The Balaban J connectivity index is 2.98. The fourth-order valence-electron chi connectivity index (χ4n) is 0.946. The average molecular weight is 175 g/mol. The predicted molar refractivity (Wildman–Crippen MR) is 50.1 cm³/mol. The molecule has 0 aliphatic carbocycles. The summed E-state index contributed by atoms with van der Waals surface area (Å²) in [5.74, 6) is -0.471. The highest BCUT2D eigenvalue weighted by atomic mass is 16.1. The highest BCUT2D eigenvalue weighted by Gasteiger charge is 1.98. The molecule has 3 nitrogen and oxygen atoms in total. The molecule has 2 N–H and O–H groups in total.